The zero-order chi connectivity index (χ0) is 22.3. The van der Waals surface area contributed by atoms with Gasteiger partial charge in [-0.1, -0.05) is 68.1 Å². The second-order valence-corrected chi connectivity index (χ2v) is 8.68. The number of carbonyl (C=O) groups is 1. The second kappa shape index (κ2) is 10.2. The molecule has 0 bridgehead atoms. The molecule has 2 aromatic carbocycles. The van der Waals surface area contributed by atoms with Gasteiger partial charge in [0.25, 0.3) is 0 Å². The maximum Gasteiger partial charge on any atom is 0.234 e. The fourth-order valence-corrected chi connectivity index (χ4v) is 4.03. The molecule has 4 aromatic rings. The Hall–Kier alpha value is -3.45. The van der Waals surface area contributed by atoms with Gasteiger partial charge in [-0.3, -0.25) is 14.3 Å². The van der Waals surface area contributed by atoms with E-state index in [0.29, 0.717) is 17.6 Å². The smallest absolute Gasteiger partial charge is 0.234 e. The topological polar surface area (TPSA) is 72.7 Å². The van der Waals surface area contributed by atoms with Gasteiger partial charge in [0, 0.05) is 23.6 Å². The van der Waals surface area contributed by atoms with Crippen molar-refractivity contribution < 1.29 is 4.79 Å². The van der Waals surface area contributed by atoms with Gasteiger partial charge in [0.15, 0.2) is 11.0 Å². The molecule has 32 heavy (non-hydrogen) atoms. The highest BCUT2D eigenvalue weighted by Crippen LogP contribution is 2.25. The monoisotopic (exact) mass is 443 g/mol. The Morgan fingerprint density at radius 1 is 1.00 bits per heavy atom. The Kier molecular flexibility index (Phi) is 6.97. The van der Waals surface area contributed by atoms with Crippen LogP contribution in [-0.4, -0.2) is 31.4 Å². The van der Waals surface area contributed by atoms with E-state index in [4.69, 9.17) is 0 Å². The predicted molar refractivity (Wildman–Crippen MR) is 129 cm³/mol. The summed E-state index contributed by atoms with van der Waals surface area (Å²) in [7, 11) is 0. The number of aromatic nitrogens is 4. The minimum absolute atomic E-state index is 0.0792. The molecule has 1 N–H and O–H groups in total. The van der Waals surface area contributed by atoms with Gasteiger partial charge in [0.2, 0.25) is 5.91 Å². The summed E-state index contributed by atoms with van der Waals surface area (Å²) in [5, 5.41) is 12.4. The fraction of sp³-hybridized carbons (Fsp3) is 0.200. The van der Waals surface area contributed by atoms with Crippen LogP contribution in [0.15, 0.2) is 84.3 Å². The number of carbonyl (C=O) groups excluding carboxylic acids is 1. The molecule has 0 spiro atoms. The molecule has 1 amide bonds. The lowest BCUT2D eigenvalue weighted by molar-refractivity contribution is -0.113. The minimum atomic E-state index is -0.0792. The zero-order valence-electron chi connectivity index (χ0n) is 18.1. The molecule has 0 saturated heterocycles. The largest absolute Gasteiger partial charge is 0.325 e. The number of amides is 1. The van der Waals surface area contributed by atoms with Crippen LogP contribution >= 0.6 is 11.8 Å². The Labute approximate surface area is 192 Å². The molecular weight excluding hydrogens is 418 g/mol. The van der Waals surface area contributed by atoms with Gasteiger partial charge in [-0.15, -0.1) is 10.2 Å². The molecule has 2 heterocycles. The van der Waals surface area contributed by atoms with Crippen LogP contribution in [0.1, 0.15) is 30.9 Å². The molecular formula is C25H25N5OS. The van der Waals surface area contributed by atoms with Gasteiger partial charge < -0.3 is 5.32 Å². The van der Waals surface area contributed by atoms with Crippen LogP contribution in [0.25, 0.3) is 11.4 Å². The highest BCUT2D eigenvalue weighted by atomic mass is 32.2. The summed E-state index contributed by atoms with van der Waals surface area (Å²) in [6, 6.07) is 21.9. The summed E-state index contributed by atoms with van der Waals surface area (Å²) in [5.74, 6) is 1.35. The number of anilines is 1. The molecule has 7 heteroatoms. The number of benzene rings is 2. The molecule has 0 aliphatic rings. The molecule has 6 nitrogen and oxygen atoms in total. The number of hydrogen-bond donors (Lipinski definition) is 1. The third kappa shape index (κ3) is 5.42. The van der Waals surface area contributed by atoms with Crippen LogP contribution in [0.4, 0.5) is 5.69 Å². The molecule has 0 radical (unpaired) electrons. The average molecular weight is 444 g/mol. The van der Waals surface area contributed by atoms with Crippen molar-refractivity contribution in [3.63, 3.8) is 0 Å². The van der Waals surface area contributed by atoms with Crippen molar-refractivity contribution in [2.45, 2.75) is 31.5 Å². The Morgan fingerprint density at radius 3 is 2.47 bits per heavy atom. The van der Waals surface area contributed by atoms with Crippen molar-refractivity contribution >= 4 is 23.4 Å². The van der Waals surface area contributed by atoms with E-state index in [1.807, 2.05) is 59.2 Å². The lowest BCUT2D eigenvalue weighted by Crippen LogP contribution is -2.15. The van der Waals surface area contributed by atoms with Crippen LogP contribution in [-0.2, 0) is 11.3 Å². The average Bonchev–Trinajstić information content (AvgIpc) is 3.21. The van der Waals surface area contributed by atoms with E-state index in [1.54, 1.807) is 12.4 Å². The first-order valence-corrected chi connectivity index (χ1v) is 11.5. The lowest BCUT2D eigenvalue weighted by atomic mass is 10.0. The third-order valence-electron chi connectivity index (χ3n) is 5.01. The number of pyridine rings is 1. The molecule has 0 fully saturated rings. The highest BCUT2D eigenvalue weighted by molar-refractivity contribution is 7.99. The van der Waals surface area contributed by atoms with Crippen molar-refractivity contribution in [3.8, 4) is 11.4 Å². The van der Waals surface area contributed by atoms with Crippen LogP contribution in [0.2, 0.25) is 0 Å². The first-order valence-electron chi connectivity index (χ1n) is 10.5. The first-order chi connectivity index (χ1) is 15.6. The maximum absolute atomic E-state index is 12.6. The second-order valence-electron chi connectivity index (χ2n) is 7.73. The van der Waals surface area contributed by atoms with Gasteiger partial charge in [-0.2, -0.15) is 0 Å². The molecule has 0 unspecified atom stereocenters. The van der Waals surface area contributed by atoms with Crippen molar-refractivity contribution in [1.82, 2.24) is 19.7 Å². The summed E-state index contributed by atoms with van der Waals surface area (Å²) in [5.41, 5.74) is 4.06. The highest BCUT2D eigenvalue weighted by Gasteiger charge is 2.16. The molecule has 162 valence electrons. The number of nitrogens with zero attached hydrogens (tertiary/aromatic N) is 4. The van der Waals surface area contributed by atoms with Crippen LogP contribution in [0, 0.1) is 0 Å². The quantitative estimate of drug-likeness (QED) is 0.377. The molecule has 0 saturated carbocycles. The van der Waals surface area contributed by atoms with E-state index in [0.717, 1.165) is 22.6 Å². The Balaban J connectivity index is 1.49. The maximum atomic E-state index is 12.6. The van der Waals surface area contributed by atoms with Crippen LogP contribution < -0.4 is 5.32 Å². The van der Waals surface area contributed by atoms with Gasteiger partial charge in [-0.05, 0) is 41.3 Å². The van der Waals surface area contributed by atoms with E-state index in [-0.39, 0.29) is 11.7 Å². The van der Waals surface area contributed by atoms with Gasteiger partial charge >= 0.3 is 0 Å². The Morgan fingerprint density at radius 2 is 1.78 bits per heavy atom. The summed E-state index contributed by atoms with van der Waals surface area (Å²) in [6.07, 6.45) is 3.50. The normalized spacial score (nSPS) is 11.0. The van der Waals surface area contributed by atoms with Crippen LogP contribution in [0.3, 0.4) is 0 Å². The van der Waals surface area contributed by atoms with Gasteiger partial charge in [-0.25, -0.2) is 0 Å². The first kappa shape index (κ1) is 21.8. The van der Waals surface area contributed by atoms with Crippen molar-refractivity contribution in [2.24, 2.45) is 0 Å². The molecule has 0 aliphatic heterocycles. The lowest BCUT2D eigenvalue weighted by Gasteiger charge is -2.11. The van der Waals surface area contributed by atoms with E-state index >= 15 is 0 Å². The molecule has 2 aromatic heterocycles. The van der Waals surface area contributed by atoms with E-state index in [9.17, 15) is 4.79 Å². The Bertz CT molecular complexity index is 1160. The van der Waals surface area contributed by atoms with Crippen molar-refractivity contribution in [1.29, 1.82) is 0 Å². The molecule has 0 atom stereocenters. The van der Waals surface area contributed by atoms with Crippen molar-refractivity contribution in [2.75, 3.05) is 11.1 Å². The SMILES string of the molecule is CC(C)c1ccc(NC(=O)CSc2nnc(-c3cccnc3)n2Cc2ccccc2)cc1. The standard InChI is InChI=1S/C25H25N5OS/c1-18(2)20-10-12-22(13-11-20)27-23(31)17-32-25-29-28-24(21-9-6-14-26-15-21)30(25)16-19-7-4-3-5-8-19/h3-15,18H,16-17H2,1-2H3,(H,27,31). The minimum Gasteiger partial charge on any atom is -0.325 e. The molecule has 4 rings (SSSR count). The van der Waals surface area contributed by atoms with E-state index < -0.39 is 0 Å². The number of nitrogens with one attached hydrogen (secondary N) is 1. The van der Waals surface area contributed by atoms with Gasteiger partial charge in [0.1, 0.15) is 0 Å². The number of rotatable bonds is 8. The number of hydrogen-bond acceptors (Lipinski definition) is 5. The molecule has 0 aliphatic carbocycles. The van der Waals surface area contributed by atoms with E-state index in [2.05, 4.69) is 46.5 Å². The van der Waals surface area contributed by atoms with Crippen LogP contribution in [0.5, 0.6) is 0 Å². The van der Waals surface area contributed by atoms with Gasteiger partial charge in [0.05, 0.1) is 12.3 Å². The summed E-state index contributed by atoms with van der Waals surface area (Å²) in [6.45, 7) is 4.91. The summed E-state index contributed by atoms with van der Waals surface area (Å²) >= 11 is 1.37. The fourth-order valence-electron chi connectivity index (χ4n) is 3.29. The zero-order valence-corrected chi connectivity index (χ0v) is 18.9. The third-order valence-corrected chi connectivity index (χ3v) is 5.98. The van der Waals surface area contributed by atoms with E-state index in [1.165, 1.54) is 17.3 Å². The number of thioether (sulfide) groups is 1. The predicted octanol–water partition coefficient (Wildman–Crippen LogP) is 5.24. The summed E-state index contributed by atoms with van der Waals surface area (Å²) in [4.78, 5) is 16.8. The summed E-state index contributed by atoms with van der Waals surface area (Å²) < 4.78 is 2.03. The van der Waals surface area contributed by atoms with Crippen molar-refractivity contribution in [3.05, 3.63) is 90.3 Å².